The van der Waals surface area contributed by atoms with Gasteiger partial charge in [0.15, 0.2) is 0 Å². The van der Waals surface area contributed by atoms with Gasteiger partial charge in [-0.25, -0.2) is 0 Å². The quantitative estimate of drug-likeness (QED) is 0.747. The number of nitrogens with two attached hydrogens (primary N) is 1. The van der Waals surface area contributed by atoms with E-state index < -0.39 is 0 Å². The first-order chi connectivity index (χ1) is 7.77. The molecule has 0 aliphatic heterocycles. The van der Waals surface area contributed by atoms with Crippen LogP contribution in [0.4, 0.5) is 0 Å². The van der Waals surface area contributed by atoms with Crippen LogP contribution in [0, 0.1) is 0 Å². The molecule has 0 aromatic heterocycles. The second-order valence-electron chi connectivity index (χ2n) is 4.35. The average Bonchev–Trinajstić information content (AvgIpc) is 2.30. The summed E-state index contributed by atoms with van der Waals surface area (Å²) in [6.45, 7) is 0. The van der Waals surface area contributed by atoms with Gasteiger partial charge in [0, 0.05) is 17.8 Å². The molecule has 0 amide bonds. The summed E-state index contributed by atoms with van der Waals surface area (Å²) in [4.78, 5) is 4.49. The van der Waals surface area contributed by atoms with Crippen molar-refractivity contribution in [2.75, 3.05) is 0 Å². The van der Waals surface area contributed by atoms with Crippen LogP contribution in [-0.2, 0) is 0 Å². The predicted octanol–water partition coefficient (Wildman–Crippen LogP) is 2.08. The topological polar surface area (TPSA) is 58.6 Å². The fraction of sp³-hybridized carbons (Fsp3) is 0.462. The van der Waals surface area contributed by atoms with Gasteiger partial charge in [-0.1, -0.05) is 25.0 Å². The maximum Gasteiger partial charge on any atom is 0.124 e. The van der Waals surface area contributed by atoms with E-state index in [1.54, 1.807) is 18.3 Å². The summed E-state index contributed by atoms with van der Waals surface area (Å²) in [5, 5.41) is 9.58. The molecule has 1 saturated carbocycles. The lowest BCUT2D eigenvalue weighted by molar-refractivity contribution is 0.387. The molecule has 1 aromatic carbocycles. The van der Waals surface area contributed by atoms with Gasteiger partial charge in [-0.15, -0.1) is 0 Å². The smallest absolute Gasteiger partial charge is 0.124 e. The van der Waals surface area contributed by atoms with E-state index in [2.05, 4.69) is 4.99 Å². The van der Waals surface area contributed by atoms with Gasteiger partial charge in [-0.05, 0) is 25.0 Å². The van der Waals surface area contributed by atoms with Gasteiger partial charge in [0.2, 0.25) is 0 Å². The first kappa shape index (κ1) is 11.1. The Balaban J connectivity index is 2.06. The van der Waals surface area contributed by atoms with Gasteiger partial charge >= 0.3 is 0 Å². The molecule has 3 heteroatoms. The summed E-state index contributed by atoms with van der Waals surface area (Å²) in [7, 11) is 0. The summed E-state index contributed by atoms with van der Waals surface area (Å²) in [6.07, 6.45) is 6.28. The minimum absolute atomic E-state index is 0.177. The third-order valence-electron chi connectivity index (χ3n) is 3.12. The fourth-order valence-electron chi connectivity index (χ4n) is 2.10. The zero-order chi connectivity index (χ0) is 11.4. The largest absolute Gasteiger partial charge is 0.507 e. The van der Waals surface area contributed by atoms with Crippen molar-refractivity contribution in [1.29, 1.82) is 0 Å². The third kappa shape index (κ3) is 2.61. The summed E-state index contributed by atoms with van der Waals surface area (Å²) >= 11 is 0. The molecule has 0 bridgehead atoms. The van der Waals surface area contributed by atoms with Crippen molar-refractivity contribution in [1.82, 2.24) is 0 Å². The number of hydrogen-bond acceptors (Lipinski definition) is 3. The Bertz CT molecular complexity index is 376. The number of nitrogens with zero attached hydrogens (tertiary/aromatic N) is 1. The van der Waals surface area contributed by atoms with Crippen LogP contribution in [0.1, 0.15) is 31.2 Å². The molecule has 0 radical (unpaired) electrons. The Labute approximate surface area is 96.0 Å². The van der Waals surface area contributed by atoms with Crippen molar-refractivity contribution in [2.45, 2.75) is 37.8 Å². The van der Waals surface area contributed by atoms with Crippen LogP contribution in [0.3, 0.4) is 0 Å². The molecule has 3 nitrogen and oxygen atoms in total. The van der Waals surface area contributed by atoms with Crippen molar-refractivity contribution in [3.8, 4) is 5.75 Å². The van der Waals surface area contributed by atoms with Crippen molar-refractivity contribution in [3.05, 3.63) is 29.8 Å². The molecule has 1 fully saturated rings. The third-order valence-corrected chi connectivity index (χ3v) is 3.12. The number of aromatic hydroxyl groups is 1. The van der Waals surface area contributed by atoms with Crippen LogP contribution in [0.15, 0.2) is 29.3 Å². The van der Waals surface area contributed by atoms with Crippen LogP contribution >= 0.6 is 0 Å². The highest BCUT2D eigenvalue weighted by Gasteiger charge is 2.20. The summed E-state index contributed by atoms with van der Waals surface area (Å²) in [5.41, 5.74) is 6.77. The highest BCUT2D eigenvalue weighted by atomic mass is 16.3. The highest BCUT2D eigenvalue weighted by molar-refractivity contribution is 5.83. The van der Waals surface area contributed by atoms with E-state index in [1.807, 2.05) is 12.1 Å². The second kappa shape index (κ2) is 5.12. The number of hydrogen-bond donors (Lipinski definition) is 2. The van der Waals surface area contributed by atoms with Crippen molar-refractivity contribution >= 4 is 6.21 Å². The first-order valence-electron chi connectivity index (χ1n) is 5.84. The van der Waals surface area contributed by atoms with E-state index >= 15 is 0 Å². The lowest BCUT2D eigenvalue weighted by atomic mass is 9.91. The molecule has 1 aliphatic carbocycles. The van der Waals surface area contributed by atoms with Crippen LogP contribution < -0.4 is 5.73 Å². The monoisotopic (exact) mass is 218 g/mol. The Morgan fingerprint density at radius 2 is 2.00 bits per heavy atom. The molecule has 0 heterocycles. The van der Waals surface area contributed by atoms with E-state index in [9.17, 15) is 5.11 Å². The second-order valence-corrected chi connectivity index (χ2v) is 4.35. The van der Waals surface area contributed by atoms with Crippen LogP contribution in [0.2, 0.25) is 0 Å². The summed E-state index contributed by atoms with van der Waals surface area (Å²) in [5.74, 6) is 0.274. The standard InChI is InChI=1S/C13H18N2O/c14-11-6-2-3-7-12(11)15-9-10-5-1-4-8-13(10)16/h1,4-5,8-9,11-12,16H,2-3,6-7,14H2. The van der Waals surface area contributed by atoms with Gasteiger partial charge in [0.25, 0.3) is 0 Å². The predicted molar refractivity (Wildman–Crippen MR) is 65.9 cm³/mol. The zero-order valence-corrected chi connectivity index (χ0v) is 9.34. The highest BCUT2D eigenvalue weighted by Crippen LogP contribution is 2.20. The summed E-state index contributed by atoms with van der Waals surface area (Å²) < 4.78 is 0. The number of phenolic OH excluding ortho intramolecular Hbond substituents is 1. The molecule has 16 heavy (non-hydrogen) atoms. The van der Waals surface area contributed by atoms with E-state index in [0.29, 0.717) is 0 Å². The molecular weight excluding hydrogens is 200 g/mol. The molecule has 0 spiro atoms. The molecule has 2 atom stereocenters. The summed E-state index contributed by atoms with van der Waals surface area (Å²) in [6, 6.07) is 7.61. The molecule has 1 aliphatic rings. The van der Waals surface area contributed by atoms with Crippen LogP contribution in [-0.4, -0.2) is 23.4 Å². The number of phenols is 1. The van der Waals surface area contributed by atoms with Crippen LogP contribution in [0.5, 0.6) is 5.75 Å². The van der Waals surface area contributed by atoms with Gasteiger partial charge in [0.1, 0.15) is 5.75 Å². The molecule has 3 N–H and O–H groups in total. The average molecular weight is 218 g/mol. The van der Waals surface area contributed by atoms with Gasteiger partial charge in [-0.2, -0.15) is 0 Å². The first-order valence-corrected chi connectivity index (χ1v) is 5.84. The number of rotatable bonds is 2. The Morgan fingerprint density at radius 3 is 2.75 bits per heavy atom. The number of aliphatic imine (C=N–C) groups is 1. The molecule has 86 valence electrons. The van der Waals surface area contributed by atoms with Crippen molar-refractivity contribution < 1.29 is 5.11 Å². The van der Waals surface area contributed by atoms with Crippen molar-refractivity contribution in [2.24, 2.45) is 10.7 Å². The molecular formula is C13H18N2O. The normalized spacial score (nSPS) is 26.1. The van der Waals surface area contributed by atoms with E-state index in [0.717, 1.165) is 18.4 Å². The van der Waals surface area contributed by atoms with E-state index in [-0.39, 0.29) is 17.8 Å². The number of benzene rings is 1. The van der Waals surface area contributed by atoms with Crippen molar-refractivity contribution in [3.63, 3.8) is 0 Å². The lowest BCUT2D eigenvalue weighted by Gasteiger charge is -2.24. The minimum Gasteiger partial charge on any atom is -0.507 e. The van der Waals surface area contributed by atoms with E-state index in [1.165, 1.54) is 12.8 Å². The minimum atomic E-state index is 0.177. The maximum atomic E-state index is 9.58. The molecule has 2 rings (SSSR count). The number of para-hydroxylation sites is 1. The van der Waals surface area contributed by atoms with Gasteiger partial charge in [0.05, 0.1) is 6.04 Å². The van der Waals surface area contributed by atoms with E-state index in [4.69, 9.17) is 5.73 Å². The molecule has 2 unspecified atom stereocenters. The SMILES string of the molecule is NC1CCCCC1N=Cc1ccccc1O. The fourth-order valence-corrected chi connectivity index (χ4v) is 2.10. The van der Waals surface area contributed by atoms with Crippen LogP contribution in [0.25, 0.3) is 0 Å². The molecule has 0 saturated heterocycles. The maximum absolute atomic E-state index is 9.58. The van der Waals surface area contributed by atoms with Gasteiger partial charge in [-0.3, -0.25) is 4.99 Å². The lowest BCUT2D eigenvalue weighted by Crippen LogP contribution is -2.36. The molecule has 1 aromatic rings. The van der Waals surface area contributed by atoms with Gasteiger partial charge < -0.3 is 10.8 Å². The zero-order valence-electron chi connectivity index (χ0n) is 9.34. The Kier molecular flexibility index (Phi) is 3.57. The Hall–Kier alpha value is -1.35. The Morgan fingerprint density at radius 1 is 1.25 bits per heavy atom.